The molecule has 0 saturated heterocycles. The van der Waals surface area contributed by atoms with Crippen LogP contribution < -0.4 is 15.5 Å². The van der Waals surface area contributed by atoms with Crippen molar-refractivity contribution in [3.8, 4) is 5.75 Å². The van der Waals surface area contributed by atoms with Gasteiger partial charge in [0.25, 0.3) is 11.8 Å². The smallest absolute Gasteiger partial charge is 2.00 e. The number of aromatic amines is 1. The van der Waals surface area contributed by atoms with Gasteiger partial charge >= 0.3 is 30.8 Å². The van der Waals surface area contributed by atoms with Gasteiger partial charge in [-0.1, -0.05) is 42.5 Å². The maximum absolute atomic E-state index is 12.4. The van der Waals surface area contributed by atoms with Gasteiger partial charge in [-0.15, -0.1) is 5.75 Å². The van der Waals surface area contributed by atoms with Gasteiger partial charge in [0.05, 0.1) is 33.6 Å². The van der Waals surface area contributed by atoms with Gasteiger partial charge in [-0.2, -0.15) is 0 Å². The molecule has 2 N–H and O–H groups in total. The second kappa shape index (κ2) is 10.9. The van der Waals surface area contributed by atoms with Crippen molar-refractivity contribution in [3.05, 3.63) is 88.5 Å². The summed E-state index contributed by atoms with van der Waals surface area (Å²) in [7, 11) is 1.37. The van der Waals surface area contributed by atoms with Crippen LogP contribution in [-0.2, 0) is 28.9 Å². The van der Waals surface area contributed by atoms with E-state index in [2.05, 4.69) is 42.6 Å². The molecule has 11 heteroatoms. The molecule has 0 saturated carbocycles. The molecule has 0 unspecified atom stereocenters. The van der Waals surface area contributed by atoms with Gasteiger partial charge < -0.3 is 19.9 Å². The van der Waals surface area contributed by atoms with E-state index in [1.54, 1.807) is 42.6 Å². The van der Waals surface area contributed by atoms with Gasteiger partial charge in [-0.3, -0.25) is 19.9 Å². The zero-order chi connectivity index (χ0) is 25.3. The fourth-order valence-electron chi connectivity index (χ4n) is 4.05. The van der Waals surface area contributed by atoms with Crippen molar-refractivity contribution in [2.24, 2.45) is 0 Å². The first-order valence-corrected chi connectivity index (χ1v) is 10.8. The van der Waals surface area contributed by atoms with Crippen LogP contribution in [0.1, 0.15) is 20.7 Å². The molecule has 0 radical (unpaired) electrons. The molecule has 3 heterocycles. The zero-order valence-electron chi connectivity index (χ0n) is 18.3. The number of halogens is 1. The van der Waals surface area contributed by atoms with E-state index in [1.165, 1.54) is 19.2 Å². The molecule has 0 atom stereocenters. The first-order valence-electron chi connectivity index (χ1n) is 9.99. The summed E-state index contributed by atoms with van der Waals surface area (Å²) in [5, 5.41) is 26.7. The maximum atomic E-state index is 12.4. The first kappa shape index (κ1) is 26.9. The second-order valence-corrected chi connectivity index (χ2v) is 8.15. The Morgan fingerprint density at radius 2 is 1.75 bits per heavy atom. The minimum absolute atomic E-state index is 0. The summed E-state index contributed by atoms with van der Waals surface area (Å²) in [6.07, 6.45) is 8.65. The molecule has 2 aromatic carbocycles. The van der Waals surface area contributed by atoms with E-state index in [-0.39, 0.29) is 31.2 Å². The van der Waals surface area contributed by atoms with E-state index < -0.39 is 11.8 Å². The van der Waals surface area contributed by atoms with Crippen molar-refractivity contribution >= 4 is 60.5 Å². The van der Waals surface area contributed by atoms with Gasteiger partial charge in [0, 0.05) is 26.8 Å². The van der Waals surface area contributed by atoms with Crippen molar-refractivity contribution in [2.45, 2.75) is 0 Å². The summed E-state index contributed by atoms with van der Waals surface area (Å²) in [6, 6.07) is 6.40. The van der Waals surface area contributed by atoms with Crippen molar-refractivity contribution in [3.63, 3.8) is 0 Å². The van der Waals surface area contributed by atoms with Crippen LogP contribution in [0.4, 0.5) is 0 Å². The molecule has 2 amide bonds. The van der Waals surface area contributed by atoms with Gasteiger partial charge in [0.15, 0.2) is 0 Å². The average Bonchev–Trinajstić information content (AvgIpc) is 3.59. The molecule has 9 nitrogen and oxygen atoms in total. The molecule has 6 rings (SSSR count). The first-order chi connectivity index (χ1) is 16.9. The molecule has 0 bridgehead atoms. The van der Waals surface area contributed by atoms with Crippen LogP contribution in [0.25, 0.3) is 32.7 Å². The number of pyridine rings is 1. The van der Waals surface area contributed by atoms with Gasteiger partial charge in [0.1, 0.15) is 0 Å². The molecule has 180 valence electrons. The summed E-state index contributed by atoms with van der Waals surface area (Å²) >= 11 is 3.38. The van der Waals surface area contributed by atoms with Gasteiger partial charge in [0.2, 0.25) is 0 Å². The van der Waals surface area contributed by atoms with E-state index in [0.29, 0.717) is 53.9 Å². The number of carbonyl (C=O) groups is 2. The number of allylic oxidation sites excluding steroid dienone is 5. The Kier molecular flexibility index (Phi) is 8.12. The Hall–Kier alpha value is -3.75. The molecule has 1 aliphatic carbocycles. The number of hydrogen-bond acceptors (Lipinski definition) is 6. The molecular weight excluding hydrogens is 619 g/mol. The Labute approximate surface area is 225 Å². The van der Waals surface area contributed by atoms with Crippen LogP contribution in [0.3, 0.4) is 0 Å². The average molecular weight is 633 g/mol. The second-order valence-electron chi connectivity index (χ2n) is 7.30. The fraction of sp³-hybridized carbons (Fsp3) is 0.0400. The van der Waals surface area contributed by atoms with Crippen LogP contribution in [0.15, 0.2) is 70.8 Å². The topological polar surface area (TPSA) is 150 Å². The molecule has 0 spiro atoms. The van der Waals surface area contributed by atoms with E-state index in [0.717, 1.165) is 0 Å². The predicted octanol–water partition coefficient (Wildman–Crippen LogP) is 2.88. The number of H-pyrrole nitrogens is 1. The Bertz CT molecular complexity index is 1640. The third-order valence-corrected chi connectivity index (χ3v) is 6.04. The largest absolute Gasteiger partial charge is 2.00 e. The van der Waals surface area contributed by atoms with Crippen LogP contribution >= 0.6 is 15.9 Å². The zero-order valence-corrected chi connectivity index (χ0v) is 21.6. The van der Waals surface area contributed by atoms with Crippen LogP contribution in [0.2, 0.25) is 0 Å². The number of nitrogens with one attached hydrogen (secondary N) is 2. The van der Waals surface area contributed by atoms with E-state index in [4.69, 9.17) is 4.65 Å². The molecule has 2 aliphatic rings. The van der Waals surface area contributed by atoms with E-state index in [9.17, 15) is 19.8 Å². The van der Waals surface area contributed by atoms with E-state index >= 15 is 0 Å². The van der Waals surface area contributed by atoms with Gasteiger partial charge in [-0.05, 0) is 34.7 Å². The summed E-state index contributed by atoms with van der Waals surface area (Å²) in [5.41, 5.74) is 3.12. The fourth-order valence-corrected chi connectivity index (χ4v) is 4.59. The maximum Gasteiger partial charge on any atom is 2.00 e. The Morgan fingerprint density at radius 1 is 1.08 bits per heavy atom. The quantitative estimate of drug-likeness (QED) is 0.108. The number of fused-ring (bicyclic) bond motifs is 8. The third kappa shape index (κ3) is 4.45. The number of methoxy groups -OCH3 is 1. The SMILES string of the molecule is COC([O-])=C1C=CC=C1.O=C1NC(=O)c2c1c1cccnc1c1[nH]c3c(Br)cc([O-])cc3c21.[C-]#[O+].[Ru+2]. The predicted molar refractivity (Wildman–Crippen MR) is 126 cm³/mol. The van der Waals surface area contributed by atoms with E-state index in [1.807, 2.05) is 0 Å². The van der Waals surface area contributed by atoms with Gasteiger partial charge in [-0.25, -0.2) is 0 Å². The number of benzene rings is 2. The number of imide groups is 1. The molecule has 4 aromatic rings. The molecule has 1 aliphatic heterocycles. The summed E-state index contributed by atoms with van der Waals surface area (Å²) < 4.78 is 12.6. The minimum atomic E-state index is -0.459. The number of amides is 2. The number of rotatable bonds is 1. The number of aromatic nitrogens is 2. The van der Waals surface area contributed by atoms with Crippen molar-refractivity contribution < 1.29 is 48.7 Å². The standard InChI is InChI=1S/C17H8BrN3O3.C7H8O2.CO.Ru/c18-9-5-6(22)4-8-10-12-11(16(23)21-17(12)24)7-2-1-3-19-14(7)15(10)20-13(8)9;1-9-7(8)6-4-2-3-5-6;1-2;/h1-5,20,22H,(H,21,23,24);2-5,8H,1H3;;/q;;;+2/p-2. The van der Waals surface area contributed by atoms with Crippen molar-refractivity contribution in [2.75, 3.05) is 7.11 Å². The number of carbonyl (C=O) groups excluding carboxylic acids is 2. The number of ether oxygens (including phenoxy) is 1. The number of hydrogen-bond donors (Lipinski definition) is 2. The Balaban J connectivity index is 0.000000256. The monoisotopic (exact) mass is 633 g/mol. The van der Waals surface area contributed by atoms with Crippen LogP contribution in [0, 0.1) is 6.65 Å². The Morgan fingerprint density at radius 3 is 2.42 bits per heavy atom. The third-order valence-electron chi connectivity index (χ3n) is 5.41. The summed E-state index contributed by atoms with van der Waals surface area (Å²) in [6.45, 7) is 4.50. The molecule has 0 fully saturated rings. The molecule has 36 heavy (non-hydrogen) atoms. The van der Waals surface area contributed by atoms with Crippen LogP contribution in [-0.4, -0.2) is 28.9 Å². The van der Waals surface area contributed by atoms with Crippen molar-refractivity contribution in [1.82, 2.24) is 15.3 Å². The van der Waals surface area contributed by atoms with Crippen molar-refractivity contribution in [1.29, 1.82) is 0 Å². The molecule has 2 aromatic heterocycles. The minimum Gasteiger partial charge on any atom is 2.00 e. The van der Waals surface area contributed by atoms with Crippen LogP contribution in [0.5, 0.6) is 5.75 Å². The normalized spacial score (nSPS) is 12.9. The number of nitrogens with zero attached hydrogens (tertiary/aromatic N) is 1. The summed E-state index contributed by atoms with van der Waals surface area (Å²) in [5.74, 6) is -1.37. The molecular formula is C25H14BrN3O6Ru. The summed E-state index contributed by atoms with van der Waals surface area (Å²) in [4.78, 5) is 32.3.